The van der Waals surface area contributed by atoms with Gasteiger partial charge in [0.05, 0.1) is 0 Å². The number of carbonyl (C=O) groups is 2. The lowest BCUT2D eigenvalue weighted by molar-refractivity contribution is -0.134. The second-order valence-electron chi connectivity index (χ2n) is 6.96. The van der Waals surface area contributed by atoms with Crippen LogP contribution in [0.2, 0.25) is 0 Å². The summed E-state index contributed by atoms with van der Waals surface area (Å²) in [6.45, 7) is 8.84. The van der Waals surface area contributed by atoms with E-state index in [4.69, 9.17) is 0 Å². The molecule has 1 fully saturated rings. The second kappa shape index (κ2) is 8.32. The summed E-state index contributed by atoms with van der Waals surface area (Å²) in [5, 5.41) is 0. The second-order valence-corrected chi connectivity index (χ2v) is 6.96. The minimum Gasteiger partial charge on any atom is -0.338 e. The minimum absolute atomic E-state index is 0.0651. The van der Waals surface area contributed by atoms with Crippen LogP contribution in [0.3, 0.4) is 0 Å². The zero-order chi connectivity index (χ0) is 17.7. The fourth-order valence-electron chi connectivity index (χ4n) is 3.57. The Morgan fingerprint density at radius 1 is 1.25 bits per heavy atom. The molecule has 0 N–H and O–H groups in total. The van der Waals surface area contributed by atoms with Crippen LogP contribution in [0.1, 0.15) is 64.9 Å². The standard InChI is InChI=1S/C20H30N2O2/c1-5-17-10-8-9-13-21(17)20(24)14-22(16(4)23)19-12-7-6-11-18(19)15(2)3/h6-7,11-12,15,17H,5,8-10,13-14H2,1-4H3. The van der Waals surface area contributed by atoms with Crippen LogP contribution in [0.5, 0.6) is 0 Å². The number of anilines is 1. The molecule has 2 amide bonds. The van der Waals surface area contributed by atoms with Gasteiger partial charge in [0.25, 0.3) is 0 Å². The van der Waals surface area contributed by atoms with E-state index in [1.807, 2.05) is 29.2 Å². The number of amides is 2. The smallest absolute Gasteiger partial charge is 0.242 e. The molecule has 1 aliphatic heterocycles. The predicted molar refractivity (Wildman–Crippen MR) is 98.2 cm³/mol. The first-order valence-corrected chi connectivity index (χ1v) is 9.12. The highest BCUT2D eigenvalue weighted by atomic mass is 16.2. The summed E-state index contributed by atoms with van der Waals surface area (Å²) in [7, 11) is 0. The lowest BCUT2D eigenvalue weighted by Crippen LogP contribution is -2.49. The molecular weight excluding hydrogens is 300 g/mol. The zero-order valence-electron chi connectivity index (χ0n) is 15.4. The van der Waals surface area contributed by atoms with Gasteiger partial charge in [0.15, 0.2) is 0 Å². The van der Waals surface area contributed by atoms with Crippen LogP contribution < -0.4 is 4.90 Å². The molecule has 0 saturated carbocycles. The topological polar surface area (TPSA) is 40.6 Å². The highest BCUT2D eigenvalue weighted by molar-refractivity contribution is 5.98. The molecule has 1 aromatic rings. The molecule has 4 nitrogen and oxygen atoms in total. The molecule has 1 saturated heterocycles. The third-order valence-electron chi connectivity index (χ3n) is 4.94. The van der Waals surface area contributed by atoms with Crippen LogP contribution in [0.4, 0.5) is 5.69 Å². The Kier molecular flexibility index (Phi) is 6.41. The SMILES string of the molecule is CCC1CCCCN1C(=O)CN(C(C)=O)c1ccccc1C(C)C. The van der Waals surface area contributed by atoms with E-state index in [2.05, 4.69) is 20.8 Å². The van der Waals surface area contributed by atoms with Crippen LogP contribution in [-0.2, 0) is 9.59 Å². The van der Waals surface area contributed by atoms with Gasteiger partial charge in [-0.3, -0.25) is 9.59 Å². The average molecular weight is 330 g/mol. The number of likely N-dealkylation sites (tertiary alicyclic amines) is 1. The summed E-state index contributed by atoms with van der Waals surface area (Å²) in [5.41, 5.74) is 1.96. The van der Waals surface area contributed by atoms with Crippen molar-refractivity contribution in [2.24, 2.45) is 0 Å². The quantitative estimate of drug-likeness (QED) is 0.820. The summed E-state index contributed by atoms with van der Waals surface area (Å²) in [6, 6.07) is 8.21. The number of hydrogen-bond acceptors (Lipinski definition) is 2. The van der Waals surface area contributed by atoms with E-state index in [1.54, 1.807) is 4.90 Å². The Bertz CT molecular complexity index is 583. The zero-order valence-corrected chi connectivity index (χ0v) is 15.4. The van der Waals surface area contributed by atoms with E-state index >= 15 is 0 Å². The first-order chi connectivity index (χ1) is 11.5. The van der Waals surface area contributed by atoms with Gasteiger partial charge in [-0.15, -0.1) is 0 Å². The summed E-state index contributed by atoms with van der Waals surface area (Å²) in [6.07, 6.45) is 4.30. The monoisotopic (exact) mass is 330 g/mol. The molecule has 4 heteroatoms. The van der Waals surface area contributed by atoms with Gasteiger partial charge in [-0.25, -0.2) is 0 Å². The summed E-state index contributed by atoms with van der Waals surface area (Å²) < 4.78 is 0. The van der Waals surface area contributed by atoms with Gasteiger partial charge < -0.3 is 9.80 Å². The average Bonchev–Trinajstić information content (AvgIpc) is 2.59. The maximum atomic E-state index is 12.9. The van der Waals surface area contributed by atoms with Crippen LogP contribution in [0, 0.1) is 0 Å². The van der Waals surface area contributed by atoms with Crippen molar-refractivity contribution in [3.8, 4) is 0 Å². The molecule has 1 aliphatic rings. The van der Waals surface area contributed by atoms with Crippen LogP contribution in [-0.4, -0.2) is 35.8 Å². The number of para-hydroxylation sites is 1. The normalized spacial score (nSPS) is 17.9. The van der Waals surface area contributed by atoms with E-state index < -0.39 is 0 Å². The van der Waals surface area contributed by atoms with Crippen LogP contribution in [0.25, 0.3) is 0 Å². The van der Waals surface area contributed by atoms with Crippen LogP contribution >= 0.6 is 0 Å². The Hall–Kier alpha value is -1.84. The Morgan fingerprint density at radius 2 is 1.96 bits per heavy atom. The molecule has 1 aromatic carbocycles. The molecule has 1 unspecified atom stereocenters. The van der Waals surface area contributed by atoms with Gasteiger partial charge in [0.1, 0.15) is 6.54 Å². The van der Waals surface area contributed by atoms with Gasteiger partial charge >= 0.3 is 0 Å². The molecule has 24 heavy (non-hydrogen) atoms. The van der Waals surface area contributed by atoms with Crippen molar-refractivity contribution < 1.29 is 9.59 Å². The number of piperidine rings is 1. The molecular formula is C20H30N2O2. The number of nitrogens with zero attached hydrogens (tertiary/aromatic N) is 2. The van der Waals surface area contributed by atoms with E-state index in [1.165, 1.54) is 13.3 Å². The molecule has 1 heterocycles. The maximum absolute atomic E-state index is 12.9. The van der Waals surface area contributed by atoms with E-state index in [-0.39, 0.29) is 18.4 Å². The fraction of sp³-hybridized carbons (Fsp3) is 0.600. The number of hydrogen-bond donors (Lipinski definition) is 0. The molecule has 0 aromatic heterocycles. The predicted octanol–water partition coefficient (Wildman–Crippen LogP) is 3.95. The molecule has 0 bridgehead atoms. The van der Waals surface area contributed by atoms with Crippen molar-refractivity contribution in [2.75, 3.05) is 18.0 Å². The van der Waals surface area contributed by atoms with Crippen molar-refractivity contribution in [2.45, 2.75) is 65.3 Å². The van der Waals surface area contributed by atoms with Crippen molar-refractivity contribution in [1.82, 2.24) is 4.90 Å². The fourth-order valence-corrected chi connectivity index (χ4v) is 3.57. The van der Waals surface area contributed by atoms with E-state index in [9.17, 15) is 9.59 Å². The van der Waals surface area contributed by atoms with Crippen molar-refractivity contribution in [3.63, 3.8) is 0 Å². The van der Waals surface area contributed by atoms with E-state index in [0.29, 0.717) is 12.0 Å². The summed E-state index contributed by atoms with van der Waals surface area (Å²) in [5.74, 6) is 0.286. The summed E-state index contributed by atoms with van der Waals surface area (Å²) >= 11 is 0. The molecule has 132 valence electrons. The van der Waals surface area contributed by atoms with Gasteiger partial charge in [0.2, 0.25) is 11.8 Å². The Morgan fingerprint density at radius 3 is 2.58 bits per heavy atom. The minimum atomic E-state index is -0.0819. The van der Waals surface area contributed by atoms with Gasteiger partial charge in [-0.05, 0) is 43.2 Å². The molecule has 0 aliphatic carbocycles. The maximum Gasteiger partial charge on any atom is 0.242 e. The van der Waals surface area contributed by atoms with Crippen molar-refractivity contribution >= 4 is 17.5 Å². The Balaban J connectivity index is 2.23. The number of rotatable bonds is 5. The van der Waals surface area contributed by atoms with Crippen molar-refractivity contribution in [3.05, 3.63) is 29.8 Å². The van der Waals surface area contributed by atoms with E-state index in [0.717, 1.165) is 37.1 Å². The largest absolute Gasteiger partial charge is 0.338 e. The molecule has 0 spiro atoms. The van der Waals surface area contributed by atoms with Gasteiger partial charge in [0, 0.05) is 25.2 Å². The first-order valence-electron chi connectivity index (χ1n) is 9.12. The lowest BCUT2D eigenvalue weighted by atomic mass is 9.99. The third kappa shape index (κ3) is 4.16. The van der Waals surface area contributed by atoms with Crippen molar-refractivity contribution in [1.29, 1.82) is 0 Å². The highest BCUT2D eigenvalue weighted by Crippen LogP contribution is 2.28. The Labute approximate surface area is 145 Å². The molecule has 2 rings (SSSR count). The molecule has 0 radical (unpaired) electrons. The van der Waals surface area contributed by atoms with Gasteiger partial charge in [-0.2, -0.15) is 0 Å². The van der Waals surface area contributed by atoms with Crippen LogP contribution in [0.15, 0.2) is 24.3 Å². The third-order valence-corrected chi connectivity index (χ3v) is 4.94. The summed E-state index contributed by atoms with van der Waals surface area (Å²) in [4.78, 5) is 28.7. The molecule has 1 atom stereocenters. The lowest BCUT2D eigenvalue weighted by Gasteiger charge is -2.37. The van der Waals surface area contributed by atoms with Gasteiger partial charge in [-0.1, -0.05) is 39.0 Å². The number of carbonyl (C=O) groups excluding carboxylic acids is 2. The number of benzene rings is 1. The first kappa shape index (κ1) is 18.5. The highest BCUT2D eigenvalue weighted by Gasteiger charge is 2.28.